The molecule has 2 aliphatic rings. The Kier molecular flexibility index (Phi) is 2.07. The number of nitrogens with one attached hydrogen (secondary N) is 1. The van der Waals surface area contributed by atoms with Crippen LogP contribution in [-0.2, 0) is 16.1 Å². The van der Waals surface area contributed by atoms with Crippen LogP contribution >= 0.6 is 0 Å². The minimum atomic E-state index is -0.110. The Morgan fingerprint density at radius 2 is 1.94 bits per heavy atom. The van der Waals surface area contributed by atoms with Crippen molar-refractivity contribution in [2.24, 2.45) is 11.8 Å². The van der Waals surface area contributed by atoms with E-state index in [1.165, 1.54) is 5.01 Å². The third-order valence-corrected chi connectivity index (χ3v) is 3.23. The quantitative estimate of drug-likeness (QED) is 0.775. The van der Waals surface area contributed by atoms with Gasteiger partial charge in [-0.25, -0.2) is 5.01 Å². The highest BCUT2D eigenvalue weighted by Gasteiger charge is 2.53. The Morgan fingerprint density at radius 3 is 2.65 bits per heavy atom. The summed E-state index contributed by atoms with van der Waals surface area (Å²) in [5.41, 5.74) is 3.47. The molecule has 1 saturated carbocycles. The number of aromatic hydroxyl groups is 1. The standard InChI is InChI=1S/C12H12N2O3/c15-8-3-1-7(2-4-8)6-14-12(17)10-5-9(10)11(16)13-14/h1-4,9-10,15H,5-6H2,(H,13,16). The monoisotopic (exact) mass is 232 g/mol. The lowest BCUT2D eigenvalue weighted by Crippen LogP contribution is -2.51. The van der Waals surface area contributed by atoms with E-state index in [2.05, 4.69) is 5.43 Å². The molecule has 17 heavy (non-hydrogen) atoms. The van der Waals surface area contributed by atoms with Gasteiger partial charge < -0.3 is 5.11 Å². The van der Waals surface area contributed by atoms with Crippen molar-refractivity contribution >= 4 is 11.8 Å². The average molecular weight is 232 g/mol. The summed E-state index contributed by atoms with van der Waals surface area (Å²) in [4.78, 5) is 23.3. The van der Waals surface area contributed by atoms with Crippen LogP contribution in [0, 0.1) is 11.8 Å². The smallest absolute Gasteiger partial charge is 0.245 e. The van der Waals surface area contributed by atoms with E-state index in [1.807, 2.05) is 0 Å². The Morgan fingerprint density at radius 1 is 1.24 bits per heavy atom. The Bertz CT molecular complexity index is 483. The third kappa shape index (κ3) is 1.73. The highest BCUT2D eigenvalue weighted by molar-refractivity contribution is 5.97. The van der Waals surface area contributed by atoms with Crippen LogP contribution in [0.1, 0.15) is 12.0 Å². The van der Waals surface area contributed by atoms with Crippen molar-refractivity contribution in [3.05, 3.63) is 29.8 Å². The number of phenolic OH excluding ortho intramolecular Hbond substituents is 1. The molecule has 1 aliphatic carbocycles. The molecule has 1 aromatic carbocycles. The normalized spacial score (nSPS) is 26.5. The number of phenols is 1. The zero-order valence-electron chi connectivity index (χ0n) is 9.09. The molecule has 2 N–H and O–H groups in total. The summed E-state index contributed by atoms with van der Waals surface area (Å²) in [6.07, 6.45) is 0.677. The summed E-state index contributed by atoms with van der Waals surface area (Å²) in [7, 11) is 0. The molecule has 2 unspecified atom stereocenters. The van der Waals surface area contributed by atoms with E-state index < -0.39 is 0 Å². The van der Waals surface area contributed by atoms with E-state index in [0.717, 1.165) is 5.56 Å². The predicted octanol–water partition coefficient (Wildman–Crippen LogP) is 0.402. The fraction of sp³-hybridized carbons (Fsp3) is 0.333. The molecule has 0 spiro atoms. The van der Waals surface area contributed by atoms with Crippen LogP contribution in [-0.4, -0.2) is 21.9 Å². The van der Waals surface area contributed by atoms with Crippen molar-refractivity contribution in [2.75, 3.05) is 0 Å². The molecule has 0 aromatic heterocycles. The maximum Gasteiger partial charge on any atom is 0.245 e. The second-order valence-electron chi connectivity index (χ2n) is 4.52. The maximum atomic E-state index is 11.8. The molecule has 2 atom stereocenters. The molecule has 5 nitrogen and oxygen atoms in total. The van der Waals surface area contributed by atoms with Gasteiger partial charge in [-0.1, -0.05) is 12.1 Å². The van der Waals surface area contributed by atoms with Gasteiger partial charge >= 0.3 is 0 Å². The zero-order chi connectivity index (χ0) is 12.0. The number of carbonyl (C=O) groups is 2. The Balaban J connectivity index is 1.74. The molecular formula is C12H12N2O3. The van der Waals surface area contributed by atoms with Gasteiger partial charge in [-0.15, -0.1) is 0 Å². The molecule has 1 saturated heterocycles. The Labute approximate surface area is 98.0 Å². The van der Waals surface area contributed by atoms with Gasteiger partial charge in [-0.05, 0) is 24.1 Å². The van der Waals surface area contributed by atoms with Crippen LogP contribution in [0.5, 0.6) is 5.75 Å². The Hall–Kier alpha value is -2.04. The van der Waals surface area contributed by atoms with Crippen LogP contribution < -0.4 is 5.43 Å². The third-order valence-electron chi connectivity index (χ3n) is 3.23. The summed E-state index contributed by atoms with van der Waals surface area (Å²) in [6.45, 7) is 0.341. The number of hydrogen-bond donors (Lipinski definition) is 2. The number of benzene rings is 1. The lowest BCUT2D eigenvalue weighted by atomic mass is 10.2. The second kappa shape index (κ2) is 3.48. The van der Waals surface area contributed by atoms with E-state index in [9.17, 15) is 9.59 Å². The number of amides is 2. The SMILES string of the molecule is O=C1NN(Cc2ccc(O)cc2)C(=O)C2CC12. The molecule has 0 bridgehead atoms. The number of hydrogen-bond acceptors (Lipinski definition) is 3. The minimum Gasteiger partial charge on any atom is -0.508 e. The van der Waals surface area contributed by atoms with E-state index >= 15 is 0 Å². The first kappa shape index (κ1) is 10.1. The average Bonchev–Trinajstić information content (AvgIpc) is 3.09. The van der Waals surface area contributed by atoms with E-state index in [4.69, 9.17) is 5.11 Å². The van der Waals surface area contributed by atoms with E-state index in [-0.39, 0.29) is 29.4 Å². The molecule has 1 aliphatic heterocycles. The number of nitrogens with zero attached hydrogens (tertiary/aromatic N) is 1. The fourth-order valence-corrected chi connectivity index (χ4v) is 2.13. The lowest BCUT2D eigenvalue weighted by Gasteiger charge is -2.26. The van der Waals surface area contributed by atoms with Crippen molar-refractivity contribution < 1.29 is 14.7 Å². The summed E-state index contributed by atoms with van der Waals surface area (Å²) in [5, 5.41) is 10.5. The van der Waals surface area contributed by atoms with Crippen LogP contribution in [0.2, 0.25) is 0 Å². The second-order valence-corrected chi connectivity index (χ2v) is 4.52. The first-order valence-electron chi connectivity index (χ1n) is 5.55. The molecule has 2 fully saturated rings. The molecule has 2 amide bonds. The van der Waals surface area contributed by atoms with Crippen molar-refractivity contribution in [2.45, 2.75) is 13.0 Å². The largest absolute Gasteiger partial charge is 0.508 e. The van der Waals surface area contributed by atoms with Crippen molar-refractivity contribution in [1.82, 2.24) is 10.4 Å². The fourth-order valence-electron chi connectivity index (χ4n) is 2.13. The highest BCUT2D eigenvalue weighted by atomic mass is 16.3. The highest BCUT2D eigenvalue weighted by Crippen LogP contribution is 2.42. The molecular weight excluding hydrogens is 220 g/mol. The summed E-state index contributed by atoms with van der Waals surface area (Å²) in [6, 6.07) is 6.58. The maximum absolute atomic E-state index is 11.8. The minimum absolute atomic E-state index is 0.0114. The lowest BCUT2D eigenvalue weighted by molar-refractivity contribution is -0.148. The van der Waals surface area contributed by atoms with Gasteiger partial charge in [0.1, 0.15) is 5.75 Å². The summed E-state index contributed by atoms with van der Waals surface area (Å²) in [5.74, 6) is -0.0968. The molecule has 1 aromatic rings. The van der Waals surface area contributed by atoms with Gasteiger partial charge in [0.25, 0.3) is 0 Å². The molecule has 3 rings (SSSR count). The number of rotatable bonds is 2. The molecule has 5 heteroatoms. The first-order valence-corrected chi connectivity index (χ1v) is 5.55. The predicted molar refractivity (Wildman–Crippen MR) is 58.4 cm³/mol. The van der Waals surface area contributed by atoms with E-state index in [1.54, 1.807) is 24.3 Å². The van der Waals surface area contributed by atoms with Gasteiger partial charge in [0.05, 0.1) is 18.4 Å². The van der Waals surface area contributed by atoms with Crippen LogP contribution in [0.15, 0.2) is 24.3 Å². The van der Waals surface area contributed by atoms with Crippen LogP contribution in [0.4, 0.5) is 0 Å². The van der Waals surface area contributed by atoms with Gasteiger partial charge in [0.15, 0.2) is 0 Å². The van der Waals surface area contributed by atoms with Crippen molar-refractivity contribution in [3.8, 4) is 5.75 Å². The van der Waals surface area contributed by atoms with Crippen LogP contribution in [0.25, 0.3) is 0 Å². The van der Waals surface area contributed by atoms with Crippen molar-refractivity contribution in [1.29, 1.82) is 0 Å². The number of carbonyl (C=O) groups excluding carboxylic acids is 2. The molecule has 1 heterocycles. The first-order chi connectivity index (χ1) is 8.15. The van der Waals surface area contributed by atoms with E-state index in [0.29, 0.717) is 13.0 Å². The summed E-state index contributed by atoms with van der Waals surface area (Å²) >= 11 is 0. The topological polar surface area (TPSA) is 69.6 Å². The number of fused-ring (bicyclic) bond motifs is 1. The van der Waals surface area contributed by atoms with Crippen molar-refractivity contribution in [3.63, 3.8) is 0 Å². The van der Waals surface area contributed by atoms with Gasteiger partial charge in [0.2, 0.25) is 11.8 Å². The van der Waals surface area contributed by atoms with Gasteiger partial charge in [0, 0.05) is 0 Å². The molecule has 88 valence electrons. The molecule has 0 radical (unpaired) electrons. The summed E-state index contributed by atoms with van der Waals surface area (Å²) < 4.78 is 0. The van der Waals surface area contributed by atoms with Gasteiger partial charge in [-0.2, -0.15) is 0 Å². The zero-order valence-corrected chi connectivity index (χ0v) is 9.09. The van der Waals surface area contributed by atoms with Gasteiger partial charge in [-0.3, -0.25) is 15.0 Å². The van der Waals surface area contributed by atoms with Crippen LogP contribution in [0.3, 0.4) is 0 Å². The number of hydrazine groups is 1.